The first kappa shape index (κ1) is 6.93. The van der Waals surface area contributed by atoms with Crippen LogP contribution in [0.5, 0.6) is 0 Å². The van der Waals surface area contributed by atoms with E-state index in [1.54, 1.807) is 0 Å². The lowest BCUT2D eigenvalue weighted by Gasteiger charge is -2.52. The molecule has 7 nitrogen and oxygen atoms in total. The van der Waals surface area contributed by atoms with Gasteiger partial charge in [-0.15, -0.1) is 0 Å². The molecule has 0 saturated carbocycles. The van der Waals surface area contributed by atoms with E-state index in [2.05, 4.69) is 13.6 Å². The number of ketones is 1. The van der Waals surface area contributed by atoms with Crippen molar-refractivity contribution in [3.63, 3.8) is 0 Å². The van der Waals surface area contributed by atoms with E-state index in [-0.39, 0.29) is 0 Å². The summed E-state index contributed by atoms with van der Waals surface area (Å²) in [5.41, 5.74) is 0. The molecule has 8 heteroatoms. The van der Waals surface area contributed by atoms with Crippen LogP contribution in [0.3, 0.4) is 0 Å². The predicted molar refractivity (Wildman–Crippen MR) is 26.2 cm³/mol. The summed E-state index contributed by atoms with van der Waals surface area (Å²) in [7, 11) is -3.47. The molecule has 2 bridgehead atoms. The summed E-state index contributed by atoms with van der Waals surface area (Å²) in [6.07, 6.45) is 0. The minimum atomic E-state index is -3.47. The van der Waals surface area contributed by atoms with Gasteiger partial charge in [0, 0.05) is 0 Å². The van der Waals surface area contributed by atoms with Gasteiger partial charge >= 0.3 is 25.5 Å². The summed E-state index contributed by atoms with van der Waals surface area (Å²) in [5, 5.41) is 8.11. The van der Waals surface area contributed by atoms with Gasteiger partial charge in [0.15, 0.2) is 0 Å². The minimum Gasteiger partial charge on any atom is -0.475 e. The molecular weight excluding hydrogens is 179 g/mol. The van der Waals surface area contributed by atoms with E-state index >= 15 is 0 Å². The van der Waals surface area contributed by atoms with Crippen molar-refractivity contribution in [2.75, 3.05) is 0 Å². The average Bonchev–Trinajstić information content (AvgIpc) is 1.77. The molecule has 11 heavy (non-hydrogen) atoms. The number of hydrogen-bond acceptors (Lipinski definition) is 6. The molecule has 3 saturated heterocycles. The van der Waals surface area contributed by atoms with Crippen molar-refractivity contribution >= 4 is 19.6 Å². The van der Waals surface area contributed by atoms with Gasteiger partial charge in [0.2, 0.25) is 0 Å². The second-order valence-corrected chi connectivity index (χ2v) is 3.35. The minimum absolute atomic E-state index is 1.41. The summed E-state index contributed by atoms with van der Waals surface area (Å²) in [5.74, 6) is -5.35. The Morgan fingerprint density at radius 1 is 1.27 bits per heavy atom. The zero-order chi connectivity index (χ0) is 8.28. The predicted octanol–water partition coefficient (Wildman–Crippen LogP) is -0.521. The lowest BCUT2D eigenvalue weighted by molar-refractivity contribution is -0.396. The normalized spacial score (nSPS) is 45.5. The molecule has 1 N–H and O–H groups in total. The molecule has 0 spiro atoms. The number of hydrogen-bond donors (Lipinski definition) is 1. The quantitative estimate of drug-likeness (QED) is 0.450. The third-order valence-electron chi connectivity index (χ3n) is 1.17. The number of carbonyl (C=O) groups is 2. The molecule has 0 atom stereocenters. The number of rotatable bonds is 2. The summed E-state index contributed by atoms with van der Waals surface area (Å²) in [6, 6.07) is 0. The molecule has 0 aromatic carbocycles. The molecule has 60 valence electrons. The summed E-state index contributed by atoms with van der Waals surface area (Å²) < 4.78 is 23.1. The number of carboxylic acids is 1. The molecule has 3 aliphatic heterocycles. The fourth-order valence-electron chi connectivity index (χ4n) is 0.717. The lowest BCUT2D eigenvalue weighted by Crippen LogP contribution is -2.64. The number of phosphoric acid groups is 1. The monoisotopic (exact) mass is 180 g/mol. The van der Waals surface area contributed by atoms with Crippen LogP contribution in [0.4, 0.5) is 0 Å². The van der Waals surface area contributed by atoms with Crippen LogP contribution in [0.1, 0.15) is 0 Å². The van der Waals surface area contributed by atoms with Gasteiger partial charge in [0.1, 0.15) is 0 Å². The second-order valence-electron chi connectivity index (χ2n) is 1.91. The maximum atomic E-state index is 10.5. The molecule has 0 aromatic heterocycles. The Kier molecular flexibility index (Phi) is 0.967. The zero-order valence-electron chi connectivity index (χ0n) is 4.84. The van der Waals surface area contributed by atoms with Crippen LogP contribution in [0.2, 0.25) is 0 Å². The van der Waals surface area contributed by atoms with Gasteiger partial charge in [-0.05, 0) is 0 Å². The highest BCUT2D eigenvalue weighted by atomic mass is 31.2. The number of Topliss-reactive ketones (excluding diaryl/α,β-unsaturated/α-hetero) is 1. The second kappa shape index (κ2) is 1.54. The van der Waals surface area contributed by atoms with Gasteiger partial charge in [-0.25, -0.2) is 22.9 Å². The Morgan fingerprint density at radius 2 is 1.73 bits per heavy atom. The molecule has 0 aromatic rings. The maximum absolute atomic E-state index is 10.5. The van der Waals surface area contributed by atoms with E-state index in [9.17, 15) is 14.2 Å². The van der Waals surface area contributed by atoms with Crippen molar-refractivity contribution in [3.8, 4) is 0 Å². The first-order chi connectivity index (χ1) is 4.98. The Labute approximate surface area is 59.5 Å². The van der Waals surface area contributed by atoms with E-state index < -0.39 is 25.5 Å². The van der Waals surface area contributed by atoms with E-state index in [0.717, 1.165) is 0 Å². The molecule has 3 heterocycles. The van der Waals surface area contributed by atoms with Gasteiger partial charge in [-0.2, -0.15) is 0 Å². The van der Waals surface area contributed by atoms with Crippen LogP contribution in [0, 0.1) is 0 Å². The molecule has 3 aliphatic rings. The number of carbonyl (C=O) groups excluding carboxylic acids is 1. The van der Waals surface area contributed by atoms with Crippen LogP contribution >= 0.6 is 7.82 Å². The first-order valence-electron chi connectivity index (χ1n) is 2.47. The van der Waals surface area contributed by atoms with Crippen LogP contribution in [-0.4, -0.2) is 22.8 Å². The summed E-state index contributed by atoms with van der Waals surface area (Å²) >= 11 is 0. The van der Waals surface area contributed by atoms with Crippen LogP contribution in [0.25, 0.3) is 0 Å². The Hall–Kier alpha value is -0.750. The Bertz CT molecular complexity index is 278. The molecule has 3 rings (SSSR count). The third kappa shape index (κ3) is 0.655. The molecule has 3 fully saturated rings. The summed E-state index contributed by atoms with van der Waals surface area (Å²) in [6.45, 7) is 0. The van der Waals surface area contributed by atoms with E-state index in [0.29, 0.717) is 0 Å². The van der Waals surface area contributed by atoms with Crippen molar-refractivity contribution in [1.82, 2.24) is 0 Å². The van der Waals surface area contributed by atoms with E-state index in [4.69, 9.17) is 5.11 Å². The highest BCUT2D eigenvalue weighted by Crippen LogP contribution is 2.79. The van der Waals surface area contributed by atoms with Crippen molar-refractivity contribution in [2.24, 2.45) is 0 Å². The fourth-order valence-corrected chi connectivity index (χ4v) is 1.89. The number of phosphoric ester groups is 1. The third-order valence-corrected chi connectivity index (χ3v) is 2.56. The first-order valence-corrected chi connectivity index (χ1v) is 3.94. The topological polar surface area (TPSA) is 99.1 Å². The zero-order valence-corrected chi connectivity index (χ0v) is 5.74. The van der Waals surface area contributed by atoms with Gasteiger partial charge < -0.3 is 5.11 Å². The fraction of sp³-hybridized carbons (Fsp3) is 0.333. The molecule has 0 amide bonds. The van der Waals surface area contributed by atoms with Gasteiger partial charge in [-0.3, -0.25) is 4.79 Å². The summed E-state index contributed by atoms with van der Waals surface area (Å²) in [4.78, 5) is 20.5. The standard InChI is InChI=1S/C3HO7P/c4-1(2(5)6)3-8-11(7,9-3)10-3/h(H,5,6). The van der Waals surface area contributed by atoms with Crippen LogP contribution in [0.15, 0.2) is 0 Å². The largest absolute Gasteiger partial charge is 0.489 e. The number of carboxylic acid groups (broad SMARTS) is 1. The van der Waals surface area contributed by atoms with Gasteiger partial charge in [-0.1, -0.05) is 0 Å². The molecule has 0 aliphatic carbocycles. The maximum Gasteiger partial charge on any atom is 0.489 e. The van der Waals surface area contributed by atoms with Gasteiger partial charge in [0.25, 0.3) is 0 Å². The van der Waals surface area contributed by atoms with Crippen molar-refractivity contribution < 1.29 is 32.8 Å². The van der Waals surface area contributed by atoms with Crippen molar-refractivity contribution in [2.45, 2.75) is 5.97 Å². The molecule has 0 unspecified atom stereocenters. The van der Waals surface area contributed by atoms with Gasteiger partial charge in [0.05, 0.1) is 0 Å². The Morgan fingerprint density at radius 3 is 2.00 bits per heavy atom. The average molecular weight is 180 g/mol. The lowest BCUT2D eigenvalue weighted by atomic mass is 10.3. The SMILES string of the molecule is O=C(O)C(=O)C12OP(=O)(O1)O2. The van der Waals surface area contributed by atoms with E-state index in [1.165, 1.54) is 0 Å². The van der Waals surface area contributed by atoms with Crippen molar-refractivity contribution in [1.29, 1.82) is 0 Å². The smallest absolute Gasteiger partial charge is 0.475 e. The molecular formula is C3HO7P. The number of aliphatic carboxylic acids is 1. The Balaban J connectivity index is 2.16. The highest BCUT2D eigenvalue weighted by Gasteiger charge is 2.80. The van der Waals surface area contributed by atoms with Crippen LogP contribution in [-0.2, 0) is 27.7 Å². The highest BCUT2D eigenvalue weighted by molar-refractivity contribution is 7.52. The van der Waals surface area contributed by atoms with Crippen molar-refractivity contribution in [3.05, 3.63) is 0 Å². The van der Waals surface area contributed by atoms with Crippen LogP contribution < -0.4 is 0 Å². The molecule has 0 radical (unpaired) electrons. The van der Waals surface area contributed by atoms with E-state index in [1.807, 2.05) is 0 Å².